The molecule has 0 saturated heterocycles. The Balaban J connectivity index is 2.39. The summed E-state index contributed by atoms with van der Waals surface area (Å²) in [6.45, 7) is 1.69. The van der Waals surface area contributed by atoms with Crippen LogP contribution in [0.25, 0.3) is 0 Å². The van der Waals surface area contributed by atoms with E-state index in [4.69, 9.17) is 5.11 Å². The van der Waals surface area contributed by atoms with Crippen LogP contribution in [0.2, 0.25) is 0 Å². The molecule has 2 aromatic rings. The Bertz CT molecular complexity index is 677. The second-order valence-corrected chi connectivity index (χ2v) is 6.30. The molecule has 0 aliphatic rings. The molecule has 2 rings (SSSR count). The molecule has 19 heavy (non-hydrogen) atoms. The van der Waals surface area contributed by atoms with Crippen molar-refractivity contribution in [2.24, 2.45) is 0 Å². The van der Waals surface area contributed by atoms with Gasteiger partial charge in [-0.25, -0.2) is 8.42 Å². The molecule has 0 unspecified atom stereocenters. The summed E-state index contributed by atoms with van der Waals surface area (Å²) >= 11 is 0. The number of aliphatic hydroxyl groups is 1. The highest BCUT2D eigenvalue weighted by Crippen LogP contribution is 2.23. The lowest BCUT2D eigenvalue weighted by Crippen LogP contribution is -2.26. The minimum absolute atomic E-state index is 0.139. The predicted octanol–water partition coefficient (Wildman–Crippen LogP) is 1.64. The molecule has 1 aromatic heterocycles. The van der Waals surface area contributed by atoms with Gasteiger partial charge in [0.15, 0.2) is 0 Å². The van der Waals surface area contributed by atoms with E-state index in [2.05, 4.69) is 4.98 Å². The van der Waals surface area contributed by atoms with Crippen LogP contribution >= 0.6 is 0 Å². The summed E-state index contributed by atoms with van der Waals surface area (Å²) in [5.41, 5.74) is 2.06. The van der Waals surface area contributed by atoms with E-state index in [-0.39, 0.29) is 11.5 Å². The van der Waals surface area contributed by atoms with Crippen molar-refractivity contribution in [1.29, 1.82) is 0 Å². The highest BCUT2D eigenvalue weighted by atomic mass is 32.2. The first-order chi connectivity index (χ1) is 8.95. The molecule has 0 aliphatic carbocycles. The molecule has 0 atom stereocenters. The summed E-state index contributed by atoms with van der Waals surface area (Å²) < 4.78 is 26.0. The van der Waals surface area contributed by atoms with Crippen molar-refractivity contribution in [1.82, 2.24) is 4.98 Å². The maximum atomic E-state index is 12.4. The molecule has 0 amide bonds. The fraction of sp³-hybridized carbons (Fsp3) is 0.231. The molecular formula is C13H16N2O3S. The number of anilines is 1. The molecule has 0 aliphatic heterocycles. The van der Waals surface area contributed by atoms with E-state index in [1.54, 1.807) is 12.1 Å². The Hall–Kier alpha value is -1.79. The number of aryl methyl sites for hydroxylation is 1. The zero-order valence-corrected chi connectivity index (χ0v) is 11.6. The minimum atomic E-state index is -3.61. The van der Waals surface area contributed by atoms with Gasteiger partial charge in [0.05, 0.1) is 12.3 Å². The maximum absolute atomic E-state index is 12.4. The number of aliphatic hydroxyl groups excluding tert-OH is 1. The van der Waals surface area contributed by atoms with Crippen molar-refractivity contribution >= 4 is 15.7 Å². The van der Waals surface area contributed by atoms with Crippen molar-refractivity contribution < 1.29 is 13.5 Å². The summed E-state index contributed by atoms with van der Waals surface area (Å²) in [4.78, 5) is 2.86. The van der Waals surface area contributed by atoms with Crippen LogP contribution in [-0.2, 0) is 16.6 Å². The topological polar surface area (TPSA) is 73.4 Å². The molecule has 0 radical (unpaired) electrons. The van der Waals surface area contributed by atoms with Crippen molar-refractivity contribution in [3.63, 3.8) is 0 Å². The van der Waals surface area contributed by atoms with E-state index in [0.29, 0.717) is 11.4 Å². The smallest absolute Gasteiger partial charge is 0.265 e. The van der Waals surface area contributed by atoms with Crippen molar-refractivity contribution in [3.8, 4) is 0 Å². The number of nitrogens with one attached hydrogen (secondary N) is 1. The van der Waals surface area contributed by atoms with Gasteiger partial charge >= 0.3 is 0 Å². The van der Waals surface area contributed by atoms with Crippen molar-refractivity contribution in [3.05, 3.63) is 47.8 Å². The van der Waals surface area contributed by atoms with Gasteiger partial charge in [0, 0.05) is 18.9 Å². The Morgan fingerprint density at radius 2 is 2.05 bits per heavy atom. The second-order valence-electron chi connectivity index (χ2n) is 4.33. The van der Waals surface area contributed by atoms with Crippen LogP contribution < -0.4 is 4.31 Å². The van der Waals surface area contributed by atoms with Crippen molar-refractivity contribution in [2.45, 2.75) is 18.4 Å². The highest BCUT2D eigenvalue weighted by Gasteiger charge is 2.22. The summed E-state index contributed by atoms with van der Waals surface area (Å²) in [6.07, 6.45) is 1.38. The molecule has 6 heteroatoms. The van der Waals surface area contributed by atoms with Crippen LogP contribution in [0.15, 0.2) is 41.4 Å². The molecule has 102 valence electrons. The number of rotatable bonds is 4. The van der Waals surface area contributed by atoms with E-state index in [1.165, 1.54) is 23.6 Å². The fourth-order valence-corrected chi connectivity index (χ4v) is 2.99. The third kappa shape index (κ3) is 2.64. The third-order valence-electron chi connectivity index (χ3n) is 2.91. The van der Waals surface area contributed by atoms with E-state index in [1.807, 2.05) is 19.1 Å². The van der Waals surface area contributed by atoms with Gasteiger partial charge in [0.25, 0.3) is 10.0 Å². The average molecular weight is 280 g/mol. The molecule has 0 spiro atoms. The summed E-state index contributed by atoms with van der Waals surface area (Å²) in [5, 5.41) is 8.97. The van der Waals surface area contributed by atoms with Gasteiger partial charge in [-0.3, -0.25) is 4.31 Å². The van der Waals surface area contributed by atoms with E-state index in [9.17, 15) is 8.42 Å². The number of aromatic amines is 1. The molecule has 0 bridgehead atoms. The maximum Gasteiger partial charge on any atom is 0.265 e. The SMILES string of the molecule is Cc1cccc(N(C)S(=O)(=O)c2c[nH]c(CO)c2)c1. The number of hydrogen-bond donors (Lipinski definition) is 2. The van der Waals surface area contributed by atoms with Gasteiger partial charge in [0.1, 0.15) is 4.90 Å². The molecule has 1 aromatic carbocycles. The number of aromatic nitrogens is 1. The summed E-state index contributed by atoms with van der Waals surface area (Å²) in [7, 11) is -2.10. The van der Waals surface area contributed by atoms with E-state index < -0.39 is 10.0 Å². The molecular weight excluding hydrogens is 264 g/mol. The Morgan fingerprint density at radius 3 is 2.63 bits per heavy atom. The van der Waals surface area contributed by atoms with Crippen molar-refractivity contribution in [2.75, 3.05) is 11.4 Å². The first-order valence-electron chi connectivity index (χ1n) is 5.79. The van der Waals surface area contributed by atoms with Gasteiger partial charge < -0.3 is 10.1 Å². The molecule has 5 nitrogen and oxygen atoms in total. The van der Waals surface area contributed by atoms with Gasteiger partial charge in [0.2, 0.25) is 0 Å². The highest BCUT2D eigenvalue weighted by molar-refractivity contribution is 7.92. The second kappa shape index (κ2) is 5.07. The van der Waals surface area contributed by atoms with Gasteiger partial charge in [-0.2, -0.15) is 0 Å². The number of benzene rings is 1. The van der Waals surface area contributed by atoms with Gasteiger partial charge in [-0.15, -0.1) is 0 Å². The normalized spacial score (nSPS) is 11.5. The van der Waals surface area contributed by atoms with Gasteiger partial charge in [-0.05, 0) is 30.7 Å². The van der Waals surface area contributed by atoms with Gasteiger partial charge in [-0.1, -0.05) is 12.1 Å². The van der Waals surface area contributed by atoms with Crippen LogP contribution in [0.3, 0.4) is 0 Å². The number of hydrogen-bond acceptors (Lipinski definition) is 3. The first kappa shape index (κ1) is 13.6. The van der Waals surface area contributed by atoms with Crippen LogP contribution in [0.1, 0.15) is 11.3 Å². The predicted molar refractivity (Wildman–Crippen MR) is 73.5 cm³/mol. The lowest BCUT2D eigenvalue weighted by atomic mass is 10.2. The lowest BCUT2D eigenvalue weighted by molar-refractivity contribution is 0.277. The molecule has 2 N–H and O–H groups in total. The largest absolute Gasteiger partial charge is 0.390 e. The zero-order chi connectivity index (χ0) is 14.0. The minimum Gasteiger partial charge on any atom is -0.390 e. The summed E-state index contributed by atoms with van der Waals surface area (Å²) in [5.74, 6) is 0. The zero-order valence-electron chi connectivity index (χ0n) is 10.8. The fourth-order valence-electron chi connectivity index (χ4n) is 1.78. The standard InChI is InChI=1S/C13H16N2O3S/c1-10-4-3-5-12(6-10)15(2)19(17,18)13-7-11(9-16)14-8-13/h3-8,14,16H,9H2,1-2H3. The van der Waals surface area contributed by atoms with E-state index in [0.717, 1.165) is 5.56 Å². The number of H-pyrrole nitrogens is 1. The monoisotopic (exact) mass is 280 g/mol. The first-order valence-corrected chi connectivity index (χ1v) is 7.23. The molecule has 0 saturated carbocycles. The molecule has 1 heterocycles. The molecule has 0 fully saturated rings. The van der Waals surface area contributed by atoms with Crippen LogP contribution in [0.4, 0.5) is 5.69 Å². The quantitative estimate of drug-likeness (QED) is 0.894. The Labute approximate surface area is 112 Å². The third-order valence-corrected chi connectivity index (χ3v) is 4.67. The Morgan fingerprint density at radius 1 is 1.32 bits per heavy atom. The summed E-state index contributed by atoms with van der Waals surface area (Å²) in [6, 6.07) is 8.69. The van der Waals surface area contributed by atoms with Crippen LogP contribution in [0.5, 0.6) is 0 Å². The number of sulfonamides is 1. The number of nitrogens with zero attached hydrogens (tertiary/aromatic N) is 1. The lowest BCUT2D eigenvalue weighted by Gasteiger charge is -2.19. The Kier molecular flexibility index (Phi) is 3.64. The average Bonchev–Trinajstić information content (AvgIpc) is 2.87. The van der Waals surface area contributed by atoms with Crippen LogP contribution in [0, 0.1) is 6.92 Å². The van der Waals surface area contributed by atoms with Crippen LogP contribution in [-0.4, -0.2) is 25.6 Å². The van der Waals surface area contributed by atoms with E-state index >= 15 is 0 Å².